The normalized spacial score (nSPS) is 17.5. The standard InChI is InChI=1S/C20H22N2O2/c1-12-8-13(2)10-16(9-12)21-17-11-18(23)22(20(17)24)19-14(3)6-5-7-15(19)4/h5-10,17,21H,11H2,1-4H3/t17-/m1/s1. The Morgan fingerprint density at radius 1 is 0.958 bits per heavy atom. The monoisotopic (exact) mass is 322 g/mol. The predicted octanol–water partition coefficient (Wildman–Crippen LogP) is 3.66. The molecule has 0 saturated carbocycles. The second kappa shape index (κ2) is 6.11. The quantitative estimate of drug-likeness (QED) is 0.877. The maximum atomic E-state index is 12.8. The minimum atomic E-state index is -0.516. The molecule has 0 spiro atoms. The van der Waals surface area contributed by atoms with Gasteiger partial charge < -0.3 is 5.32 Å². The number of imide groups is 1. The number of hydrogen-bond donors (Lipinski definition) is 1. The zero-order valence-corrected chi connectivity index (χ0v) is 14.5. The summed E-state index contributed by atoms with van der Waals surface area (Å²) in [6, 6.07) is 11.3. The topological polar surface area (TPSA) is 49.4 Å². The Bertz CT molecular complexity index is 786. The summed E-state index contributed by atoms with van der Waals surface area (Å²) in [6.07, 6.45) is 0.180. The largest absolute Gasteiger partial charge is 0.373 e. The van der Waals surface area contributed by atoms with Crippen molar-refractivity contribution >= 4 is 23.2 Å². The van der Waals surface area contributed by atoms with Crippen LogP contribution in [0.2, 0.25) is 0 Å². The van der Waals surface area contributed by atoms with Gasteiger partial charge in [-0.2, -0.15) is 0 Å². The van der Waals surface area contributed by atoms with E-state index in [1.165, 1.54) is 4.90 Å². The molecule has 2 aromatic carbocycles. The number of hydrogen-bond acceptors (Lipinski definition) is 3. The fraction of sp³-hybridized carbons (Fsp3) is 0.300. The lowest BCUT2D eigenvalue weighted by Gasteiger charge is -2.20. The number of nitrogens with one attached hydrogen (secondary N) is 1. The number of nitrogens with zero attached hydrogens (tertiary/aromatic N) is 1. The van der Waals surface area contributed by atoms with E-state index in [2.05, 4.69) is 11.4 Å². The van der Waals surface area contributed by atoms with Crippen LogP contribution < -0.4 is 10.2 Å². The number of anilines is 2. The van der Waals surface area contributed by atoms with Gasteiger partial charge in [0.15, 0.2) is 0 Å². The van der Waals surface area contributed by atoms with E-state index in [9.17, 15) is 9.59 Å². The zero-order valence-electron chi connectivity index (χ0n) is 14.5. The summed E-state index contributed by atoms with van der Waals surface area (Å²) < 4.78 is 0. The third-order valence-corrected chi connectivity index (χ3v) is 4.37. The summed E-state index contributed by atoms with van der Waals surface area (Å²) in [5.41, 5.74) is 5.72. The first kappa shape index (κ1) is 16.2. The number of aryl methyl sites for hydroxylation is 4. The highest BCUT2D eigenvalue weighted by atomic mass is 16.2. The van der Waals surface area contributed by atoms with Gasteiger partial charge >= 0.3 is 0 Å². The fourth-order valence-corrected chi connectivity index (χ4v) is 3.40. The van der Waals surface area contributed by atoms with E-state index in [1.54, 1.807) is 0 Å². The van der Waals surface area contributed by atoms with Gasteiger partial charge in [-0.1, -0.05) is 24.3 Å². The second-order valence-electron chi connectivity index (χ2n) is 6.59. The summed E-state index contributed by atoms with van der Waals surface area (Å²) in [5.74, 6) is -0.337. The molecule has 0 unspecified atom stereocenters. The number of rotatable bonds is 3. The van der Waals surface area contributed by atoms with E-state index in [4.69, 9.17) is 0 Å². The van der Waals surface area contributed by atoms with Crippen molar-refractivity contribution in [3.05, 3.63) is 58.7 Å². The molecule has 24 heavy (non-hydrogen) atoms. The van der Waals surface area contributed by atoms with Crippen molar-refractivity contribution in [2.75, 3.05) is 10.2 Å². The van der Waals surface area contributed by atoms with Crippen molar-refractivity contribution < 1.29 is 9.59 Å². The van der Waals surface area contributed by atoms with Crippen LogP contribution in [0.1, 0.15) is 28.7 Å². The molecule has 1 atom stereocenters. The van der Waals surface area contributed by atoms with Gasteiger partial charge in [-0.15, -0.1) is 0 Å². The number of benzene rings is 2. The maximum Gasteiger partial charge on any atom is 0.256 e. The lowest BCUT2D eigenvalue weighted by molar-refractivity contribution is -0.121. The second-order valence-corrected chi connectivity index (χ2v) is 6.59. The fourth-order valence-electron chi connectivity index (χ4n) is 3.40. The average molecular weight is 322 g/mol. The Balaban J connectivity index is 1.89. The first-order valence-corrected chi connectivity index (χ1v) is 8.14. The molecule has 124 valence electrons. The van der Waals surface area contributed by atoms with Crippen LogP contribution in [0.15, 0.2) is 36.4 Å². The Morgan fingerprint density at radius 3 is 2.12 bits per heavy atom. The number of amides is 2. The minimum absolute atomic E-state index is 0.153. The summed E-state index contributed by atoms with van der Waals surface area (Å²) >= 11 is 0. The zero-order chi connectivity index (χ0) is 17.4. The third kappa shape index (κ3) is 2.92. The highest BCUT2D eigenvalue weighted by molar-refractivity contribution is 6.23. The molecule has 1 fully saturated rings. The molecule has 1 saturated heterocycles. The van der Waals surface area contributed by atoms with Crippen molar-refractivity contribution in [2.45, 2.75) is 40.2 Å². The van der Waals surface area contributed by atoms with E-state index in [0.29, 0.717) is 0 Å². The van der Waals surface area contributed by atoms with Crippen molar-refractivity contribution in [3.8, 4) is 0 Å². The van der Waals surface area contributed by atoms with Crippen molar-refractivity contribution in [2.24, 2.45) is 0 Å². The first-order valence-electron chi connectivity index (χ1n) is 8.14. The molecule has 0 radical (unpaired) electrons. The molecular formula is C20H22N2O2. The van der Waals surface area contributed by atoms with Crippen molar-refractivity contribution in [1.29, 1.82) is 0 Å². The van der Waals surface area contributed by atoms with Crippen LogP contribution in [0.25, 0.3) is 0 Å². The maximum absolute atomic E-state index is 12.8. The molecule has 2 amide bonds. The number of carbonyl (C=O) groups excluding carboxylic acids is 2. The molecule has 1 N–H and O–H groups in total. The summed E-state index contributed by atoms with van der Waals surface area (Å²) in [7, 11) is 0. The van der Waals surface area contributed by atoms with E-state index < -0.39 is 6.04 Å². The van der Waals surface area contributed by atoms with Gasteiger partial charge in [-0.05, 0) is 62.1 Å². The predicted molar refractivity (Wildman–Crippen MR) is 96.4 cm³/mol. The van der Waals surface area contributed by atoms with E-state index >= 15 is 0 Å². The molecule has 1 heterocycles. The molecule has 1 aliphatic rings. The molecule has 4 nitrogen and oxygen atoms in total. The van der Waals surface area contributed by atoms with E-state index in [0.717, 1.165) is 33.6 Å². The van der Waals surface area contributed by atoms with Crippen LogP contribution in [0.5, 0.6) is 0 Å². The van der Waals surface area contributed by atoms with Gasteiger partial charge in [0.1, 0.15) is 6.04 Å². The highest BCUT2D eigenvalue weighted by Crippen LogP contribution is 2.30. The van der Waals surface area contributed by atoms with Crippen LogP contribution in [-0.2, 0) is 9.59 Å². The van der Waals surface area contributed by atoms with Crippen LogP contribution in [0.4, 0.5) is 11.4 Å². The van der Waals surface area contributed by atoms with Crippen LogP contribution in [-0.4, -0.2) is 17.9 Å². The lowest BCUT2D eigenvalue weighted by atomic mass is 10.1. The molecule has 0 aliphatic carbocycles. The van der Waals surface area contributed by atoms with Crippen LogP contribution in [0.3, 0.4) is 0 Å². The van der Waals surface area contributed by atoms with Gasteiger partial charge in [0.2, 0.25) is 5.91 Å². The Morgan fingerprint density at radius 2 is 1.54 bits per heavy atom. The average Bonchev–Trinajstić information content (AvgIpc) is 2.73. The van der Waals surface area contributed by atoms with Gasteiger partial charge in [0.25, 0.3) is 5.91 Å². The highest BCUT2D eigenvalue weighted by Gasteiger charge is 2.40. The first-order chi connectivity index (χ1) is 11.4. The van der Waals surface area contributed by atoms with Gasteiger partial charge in [0.05, 0.1) is 12.1 Å². The number of carbonyl (C=O) groups is 2. The molecule has 0 bridgehead atoms. The van der Waals surface area contributed by atoms with Gasteiger partial charge in [0, 0.05) is 5.69 Å². The molecule has 0 aromatic heterocycles. The van der Waals surface area contributed by atoms with Crippen LogP contribution in [0, 0.1) is 27.7 Å². The lowest BCUT2D eigenvalue weighted by Crippen LogP contribution is -2.35. The number of para-hydroxylation sites is 1. The van der Waals surface area contributed by atoms with Gasteiger partial charge in [-0.3, -0.25) is 9.59 Å². The molecule has 3 rings (SSSR count). The Labute approximate surface area is 142 Å². The minimum Gasteiger partial charge on any atom is -0.373 e. The van der Waals surface area contributed by atoms with Crippen LogP contribution >= 0.6 is 0 Å². The van der Waals surface area contributed by atoms with Gasteiger partial charge in [-0.25, -0.2) is 4.90 Å². The van der Waals surface area contributed by atoms with E-state index in [-0.39, 0.29) is 18.2 Å². The molecule has 1 aliphatic heterocycles. The van der Waals surface area contributed by atoms with Crippen molar-refractivity contribution in [1.82, 2.24) is 0 Å². The summed E-state index contributed by atoms with van der Waals surface area (Å²) in [5, 5.41) is 3.23. The van der Waals surface area contributed by atoms with Crippen molar-refractivity contribution in [3.63, 3.8) is 0 Å². The Hall–Kier alpha value is -2.62. The Kier molecular flexibility index (Phi) is 4.14. The third-order valence-electron chi connectivity index (χ3n) is 4.37. The molecule has 4 heteroatoms. The summed E-state index contributed by atoms with van der Waals surface area (Å²) in [4.78, 5) is 26.7. The molecule has 2 aromatic rings. The van der Waals surface area contributed by atoms with E-state index in [1.807, 2.05) is 58.0 Å². The molecular weight excluding hydrogens is 300 g/mol. The smallest absolute Gasteiger partial charge is 0.256 e. The summed E-state index contributed by atoms with van der Waals surface area (Å²) in [6.45, 7) is 7.88. The SMILES string of the molecule is Cc1cc(C)cc(N[C@@H]2CC(=O)N(c3c(C)cccc3C)C2=O)c1.